The van der Waals surface area contributed by atoms with Crippen LogP contribution >= 0.6 is 23.6 Å². The second kappa shape index (κ2) is 7.21. The normalized spacial score (nSPS) is 12.2. The minimum atomic E-state index is 0.747. The Hall–Kier alpha value is -1.44. The number of hydrogen-bond donors (Lipinski definition) is 1. The summed E-state index contributed by atoms with van der Waals surface area (Å²) < 4.78 is 13.4. The van der Waals surface area contributed by atoms with Gasteiger partial charge in [0, 0.05) is 5.56 Å². The summed E-state index contributed by atoms with van der Waals surface area (Å²) in [5.41, 5.74) is 2.42. The zero-order chi connectivity index (χ0) is 16.3. The summed E-state index contributed by atoms with van der Waals surface area (Å²) in [6.45, 7) is 5.68. The Balaban J connectivity index is 2.16. The molecule has 0 bridgehead atoms. The number of aromatic nitrogens is 2. The third-order valence-electron chi connectivity index (χ3n) is 3.46. The average Bonchev–Trinajstić information content (AvgIpc) is 2.78. The molecule has 1 N–H and O–H groups in total. The molecular weight excluding hydrogens is 318 g/mol. The van der Waals surface area contributed by atoms with Crippen molar-refractivity contribution in [3.63, 3.8) is 0 Å². The summed E-state index contributed by atoms with van der Waals surface area (Å²) in [4.78, 5) is 1.30. The molecule has 7 heteroatoms. The molecule has 120 valence electrons. The largest absolute Gasteiger partial charge is 0.493 e. The molecule has 1 aromatic carbocycles. The van der Waals surface area contributed by atoms with E-state index in [0.29, 0.717) is 0 Å². The number of quaternary nitrogens is 1. The van der Waals surface area contributed by atoms with Gasteiger partial charge in [0.2, 0.25) is 0 Å². The lowest BCUT2D eigenvalue weighted by Crippen LogP contribution is -3.07. The third kappa shape index (κ3) is 3.85. The third-order valence-corrected chi connectivity index (χ3v) is 4.68. The fraction of sp³-hybridized carbons (Fsp3) is 0.467. The number of nitrogens with one attached hydrogen (secondary N) is 1. The molecule has 0 saturated heterocycles. The maximum atomic E-state index is 5.39. The van der Waals surface area contributed by atoms with Gasteiger partial charge in [-0.2, -0.15) is 9.78 Å². The number of benzene rings is 1. The molecule has 0 aliphatic heterocycles. The lowest BCUT2D eigenvalue weighted by atomic mass is 10.1. The Morgan fingerprint density at radius 2 is 1.86 bits per heavy atom. The summed E-state index contributed by atoms with van der Waals surface area (Å²) in [5, 5.41) is 5.44. The highest BCUT2D eigenvalue weighted by atomic mass is 32.1. The molecule has 0 aliphatic rings. The van der Waals surface area contributed by atoms with E-state index < -0.39 is 0 Å². The fourth-order valence-electron chi connectivity index (χ4n) is 2.36. The van der Waals surface area contributed by atoms with Crippen LogP contribution in [0.3, 0.4) is 0 Å². The number of rotatable bonds is 6. The van der Waals surface area contributed by atoms with E-state index in [1.165, 1.54) is 16.0 Å². The van der Waals surface area contributed by atoms with Gasteiger partial charge < -0.3 is 14.4 Å². The van der Waals surface area contributed by atoms with Crippen LogP contribution in [0.15, 0.2) is 12.1 Å². The molecule has 0 amide bonds. The number of methoxy groups -OCH3 is 2. The van der Waals surface area contributed by atoms with Crippen molar-refractivity contribution in [3.05, 3.63) is 32.2 Å². The number of nitrogens with zero attached hydrogens (tertiary/aromatic N) is 2. The molecular formula is C15H22N3O2S2+. The van der Waals surface area contributed by atoms with Gasteiger partial charge in [-0.3, -0.25) is 0 Å². The Labute approximate surface area is 140 Å². The summed E-state index contributed by atoms with van der Waals surface area (Å²) in [7, 11) is 5.44. The van der Waals surface area contributed by atoms with Crippen LogP contribution in [0.5, 0.6) is 11.5 Å². The Morgan fingerprint density at radius 1 is 1.23 bits per heavy atom. The van der Waals surface area contributed by atoms with Crippen LogP contribution < -0.4 is 14.4 Å². The molecule has 1 heterocycles. The highest BCUT2D eigenvalue weighted by Gasteiger charge is 2.13. The van der Waals surface area contributed by atoms with Crippen molar-refractivity contribution in [2.75, 3.05) is 21.3 Å². The molecule has 5 nitrogen and oxygen atoms in total. The number of ether oxygens (including phenoxy) is 2. The van der Waals surface area contributed by atoms with Gasteiger partial charge in [0.05, 0.1) is 21.3 Å². The maximum Gasteiger partial charge on any atom is 0.184 e. The van der Waals surface area contributed by atoms with Crippen LogP contribution in [0, 0.1) is 17.8 Å². The Bertz CT molecular complexity index is 709. The molecule has 0 spiro atoms. The lowest BCUT2D eigenvalue weighted by molar-refractivity contribution is -0.917. The van der Waals surface area contributed by atoms with Gasteiger partial charge >= 0.3 is 0 Å². The minimum Gasteiger partial charge on any atom is -0.493 e. The summed E-state index contributed by atoms with van der Waals surface area (Å²) in [6.07, 6.45) is 0. The predicted molar refractivity (Wildman–Crippen MR) is 90.5 cm³/mol. The number of aryl methyl sites for hydroxylation is 2. The van der Waals surface area contributed by atoms with Gasteiger partial charge in [-0.1, -0.05) is 11.3 Å². The first-order valence-electron chi connectivity index (χ1n) is 7.02. The van der Waals surface area contributed by atoms with Crippen LogP contribution in [0.4, 0.5) is 0 Å². The van der Waals surface area contributed by atoms with Crippen molar-refractivity contribution in [2.24, 2.45) is 0 Å². The van der Waals surface area contributed by atoms with Gasteiger partial charge in [-0.15, -0.1) is 0 Å². The molecule has 2 aromatic rings. The molecule has 0 saturated carbocycles. The van der Waals surface area contributed by atoms with E-state index in [1.807, 2.05) is 23.7 Å². The highest BCUT2D eigenvalue weighted by Crippen LogP contribution is 2.29. The van der Waals surface area contributed by atoms with Gasteiger partial charge in [0.25, 0.3) is 0 Å². The van der Waals surface area contributed by atoms with Gasteiger partial charge in [-0.25, -0.2) is 0 Å². The molecule has 0 fully saturated rings. The van der Waals surface area contributed by atoms with E-state index in [4.69, 9.17) is 21.7 Å². The molecule has 2 rings (SSSR count). The van der Waals surface area contributed by atoms with E-state index in [2.05, 4.69) is 19.1 Å². The standard InChI is InChI=1S/C15H21N3O2S2/c1-10-6-13(19-4)14(20-5)7-12(10)8-17(3)9-18-15(21)22-11(2)16-18/h6-7H,8-9H2,1-5H3/p+1. The van der Waals surface area contributed by atoms with Crippen LogP contribution in [0.25, 0.3) is 0 Å². The molecule has 1 unspecified atom stereocenters. The van der Waals surface area contributed by atoms with E-state index in [0.717, 1.165) is 33.7 Å². The highest BCUT2D eigenvalue weighted by molar-refractivity contribution is 7.73. The van der Waals surface area contributed by atoms with Crippen LogP contribution in [-0.4, -0.2) is 31.0 Å². The molecule has 22 heavy (non-hydrogen) atoms. The SMILES string of the molecule is COc1cc(C)c(C[NH+](C)Cn2nc(C)sc2=S)cc1OC. The molecule has 0 aliphatic carbocycles. The zero-order valence-corrected chi connectivity index (χ0v) is 15.2. The van der Waals surface area contributed by atoms with Gasteiger partial charge in [0.1, 0.15) is 11.6 Å². The Morgan fingerprint density at radius 3 is 2.41 bits per heavy atom. The van der Waals surface area contributed by atoms with Gasteiger partial charge in [-0.05, 0) is 43.8 Å². The first-order valence-corrected chi connectivity index (χ1v) is 8.24. The first kappa shape index (κ1) is 16.9. The lowest BCUT2D eigenvalue weighted by Gasteiger charge is -2.17. The van der Waals surface area contributed by atoms with Crippen molar-refractivity contribution in [1.82, 2.24) is 9.78 Å². The van der Waals surface area contributed by atoms with E-state index in [-0.39, 0.29) is 0 Å². The second-order valence-corrected chi connectivity index (χ2v) is 7.14. The summed E-state index contributed by atoms with van der Waals surface area (Å²) in [5.74, 6) is 1.52. The maximum absolute atomic E-state index is 5.39. The zero-order valence-electron chi connectivity index (χ0n) is 13.6. The van der Waals surface area contributed by atoms with E-state index in [9.17, 15) is 0 Å². The Kier molecular flexibility index (Phi) is 5.55. The van der Waals surface area contributed by atoms with Crippen LogP contribution in [0.1, 0.15) is 16.1 Å². The van der Waals surface area contributed by atoms with Crippen molar-refractivity contribution in [3.8, 4) is 11.5 Å². The van der Waals surface area contributed by atoms with Crippen molar-refractivity contribution in [1.29, 1.82) is 0 Å². The van der Waals surface area contributed by atoms with Crippen molar-refractivity contribution < 1.29 is 14.4 Å². The summed E-state index contributed by atoms with van der Waals surface area (Å²) >= 11 is 6.87. The van der Waals surface area contributed by atoms with Crippen molar-refractivity contribution >= 4 is 23.6 Å². The topological polar surface area (TPSA) is 40.7 Å². The van der Waals surface area contributed by atoms with E-state index in [1.54, 1.807) is 25.6 Å². The second-order valence-electron chi connectivity index (χ2n) is 5.31. The van der Waals surface area contributed by atoms with Gasteiger partial charge in [0.15, 0.2) is 22.1 Å². The fourth-order valence-corrected chi connectivity index (χ4v) is 3.43. The summed E-state index contributed by atoms with van der Waals surface area (Å²) in [6, 6.07) is 4.06. The monoisotopic (exact) mass is 340 g/mol. The van der Waals surface area contributed by atoms with Crippen molar-refractivity contribution in [2.45, 2.75) is 27.1 Å². The molecule has 0 radical (unpaired) electrons. The van der Waals surface area contributed by atoms with Crippen LogP contribution in [-0.2, 0) is 13.2 Å². The average molecular weight is 340 g/mol. The quantitative estimate of drug-likeness (QED) is 0.817. The van der Waals surface area contributed by atoms with Crippen LogP contribution in [0.2, 0.25) is 0 Å². The predicted octanol–water partition coefficient (Wildman–Crippen LogP) is 1.98. The molecule has 1 aromatic heterocycles. The van der Waals surface area contributed by atoms with E-state index >= 15 is 0 Å². The number of hydrogen-bond acceptors (Lipinski definition) is 5. The first-order chi connectivity index (χ1) is 10.4. The molecule has 1 atom stereocenters. The minimum absolute atomic E-state index is 0.747. The smallest absolute Gasteiger partial charge is 0.184 e.